The Morgan fingerprint density at radius 2 is 2.12 bits per heavy atom. The van der Waals surface area contributed by atoms with Gasteiger partial charge in [0, 0.05) is 16.7 Å². The van der Waals surface area contributed by atoms with Gasteiger partial charge in [-0.05, 0) is 11.8 Å². The van der Waals surface area contributed by atoms with E-state index < -0.39 is 70.2 Å². The summed E-state index contributed by atoms with van der Waals surface area (Å²) in [5.41, 5.74) is 0.554. The predicted octanol–water partition coefficient (Wildman–Crippen LogP) is 2.08. The average molecular weight is 776 g/mol. The summed E-state index contributed by atoms with van der Waals surface area (Å²) < 4.78 is 58.2. The molecule has 5 heterocycles. The van der Waals surface area contributed by atoms with E-state index in [-0.39, 0.29) is 49.1 Å². The van der Waals surface area contributed by atoms with Gasteiger partial charge in [0.1, 0.15) is 12.7 Å². The number of hydrogen-bond donors (Lipinski definition) is 4. The summed E-state index contributed by atoms with van der Waals surface area (Å²) in [6.07, 6.45) is -4.17. The van der Waals surface area contributed by atoms with Crippen molar-refractivity contribution in [1.82, 2.24) is 39.3 Å². The van der Waals surface area contributed by atoms with Crippen LogP contribution in [-0.2, 0) is 57.1 Å². The number of nitriles is 1. The summed E-state index contributed by atoms with van der Waals surface area (Å²) in [4.78, 5) is 54.0. The van der Waals surface area contributed by atoms with Crippen LogP contribution in [0.15, 0.2) is 22.8 Å². The number of carbonyl (C=O) groups excluding carboxylic acids is 1. The molecule has 20 nitrogen and oxygen atoms in total. The number of amides is 1. The van der Waals surface area contributed by atoms with E-state index in [0.29, 0.717) is 10.7 Å². The lowest BCUT2D eigenvalue weighted by atomic mass is 10.1. The van der Waals surface area contributed by atoms with Crippen LogP contribution in [0.25, 0.3) is 21.9 Å². The van der Waals surface area contributed by atoms with Crippen LogP contribution in [0.3, 0.4) is 0 Å². The zero-order chi connectivity index (χ0) is 36.0. The molecule has 0 saturated carbocycles. The predicted molar refractivity (Wildman–Crippen MR) is 175 cm³/mol. The number of fused-ring (bicyclic) bond motifs is 1. The summed E-state index contributed by atoms with van der Waals surface area (Å²) in [7, 11) is -3.34. The molecule has 1 saturated heterocycles. The highest BCUT2D eigenvalue weighted by Gasteiger charge is 2.52. The smallest absolute Gasteiger partial charge is 0.388 e. The van der Waals surface area contributed by atoms with Crippen molar-refractivity contribution in [2.24, 2.45) is 5.92 Å². The first-order valence-electron chi connectivity index (χ1n) is 14.7. The van der Waals surface area contributed by atoms with Gasteiger partial charge in [-0.15, -0.1) is 25.9 Å². The molecule has 4 aromatic rings. The lowest BCUT2D eigenvalue weighted by Gasteiger charge is -2.23. The molecule has 50 heavy (non-hydrogen) atoms. The number of halogens is 1. The van der Waals surface area contributed by atoms with E-state index in [9.17, 15) is 24.2 Å². The minimum atomic E-state index is -3.69. The Morgan fingerprint density at radius 1 is 1.34 bits per heavy atom. The number of ether oxygens (including phenoxy) is 1. The molecule has 25 heteroatoms. The van der Waals surface area contributed by atoms with Crippen molar-refractivity contribution >= 4 is 61.1 Å². The molecule has 5 rings (SSSR count). The van der Waals surface area contributed by atoms with Crippen LogP contribution in [0.1, 0.15) is 32.3 Å². The highest BCUT2D eigenvalue weighted by atomic mass is 32.5. The van der Waals surface area contributed by atoms with Gasteiger partial charge in [0.2, 0.25) is 11.9 Å². The molecule has 1 fully saturated rings. The first-order valence-corrected chi connectivity index (χ1v) is 19.2. The number of nitrogens with one attached hydrogen (secondary N) is 2. The van der Waals surface area contributed by atoms with E-state index in [1.54, 1.807) is 25.6 Å². The highest BCUT2D eigenvalue weighted by Crippen LogP contribution is 2.51. The number of thiazole rings is 1. The van der Waals surface area contributed by atoms with Crippen LogP contribution in [0.5, 0.6) is 0 Å². The van der Waals surface area contributed by atoms with Crippen molar-refractivity contribution in [2.75, 3.05) is 25.1 Å². The van der Waals surface area contributed by atoms with Crippen molar-refractivity contribution in [2.45, 2.75) is 58.0 Å². The quantitative estimate of drug-likeness (QED) is 0.0883. The monoisotopic (exact) mass is 775 g/mol. The molecular formula is C25H30FN10O10P2S2+. The molecular weight excluding hydrogens is 745 g/mol. The van der Waals surface area contributed by atoms with Crippen LogP contribution in [0.4, 0.5) is 10.3 Å². The summed E-state index contributed by atoms with van der Waals surface area (Å²) >= 11 is 6.84. The molecule has 0 bridgehead atoms. The molecule has 1 aliphatic rings. The molecule has 0 aliphatic carbocycles. The van der Waals surface area contributed by atoms with Gasteiger partial charge in [0.05, 0.1) is 55.6 Å². The highest BCUT2D eigenvalue weighted by molar-refractivity contribution is 8.07. The number of hydrogen-bond acceptors (Lipinski definition) is 17. The van der Waals surface area contributed by atoms with Gasteiger partial charge in [0.25, 0.3) is 5.56 Å². The van der Waals surface area contributed by atoms with Crippen molar-refractivity contribution < 1.29 is 46.6 Å². The van der Waals surface area contributed by atoms with Gasteiger partial charge in [0.15, 0.2) is 41.3 Å². The fourth-order valence-corrected chi connectivity index (χ4v) is 7.30. The fourth-order valence-electron chi connectivity index (χ4n) is 4.52. The second kappa shape index (κ2) is 16.7. The fraction of sp³-hybridized carbons (Fsp3) is 0.520. The van der Waals surface area contributed by atoms with Gasteiger partial charge in [-0.3, -0.25) is 29.4 Å². The Labute approximate surface area is 291 Å². The van der Waals surface area contributed by atoms with Crippen LogP contribution in [0, 0.1) is 17.2 Å². The van der Waals surface area contributed by atoms with E-state index in [1.165, 1.54) is 16.0 Å². The molecule has 0 spiro atoms. The summed E-state index contributed by atoms with van der Waals surface area (Å²) in [5.74, 6) is -0.509. The third-order valence-corrected chi connectivity index (χ3v) is 10.5. The normalized spacial score (nSPS) is 20.6. The van der Waals surface area contributed by atoms with Crippen LogP contribution >= 0.6 is 26.3 Å². The largest absolute Gasteiger partial charge is 0.695 e. The number of alkyl halides is 1. The third kappa shape index (κ3) is 8.85. The Morgan fingerprint density at radius 3 is 2.80 bits per heavy atom. The molecule has 2 unspecified atom stereocenters. The van der Waals surface area contributed by atoms with Crippen molar-refractivity contribution in [3.63, 3.8) is 0 Å². The zero-order valence-electron chi connectivity index (χ0n) is 26.2. The maximum Gasteiger partial charge on any atom is 0.695 e. The van der Waals surface area contributed by atoms with Gasteiger partial charge >= 0.3 is 15.0 Å². The lowest BCUT2D eigenvalue weighted by molar-refractivity contribution is -0.118. The number of rotatable bonds is 17. The molecule has 1 aliphatic heterocycles. The van der Waals surface area contributed by atoms with Gasteiger partial charge in [-0.2, -0.15) is 10.2 Å². The standard InChI is InChI=1S/C25H29FN10O10P2S2/c1-13(2)22(38)32-25-31-21-18(23(39)33-25)29-11-35(21)24-19(46-47(40)41)17(26)14(45-24)10-44-48(49,42-6-3-4-27)43-7-5-36-16(9-37)30-20(34-36)15-8-28-12-50-15/h8,11-14,17,19,24,37H,3,5-7,9-10H2,1-2H3,(H2-,31,32,33,38,39,40,41)/p+1/t14-,17-,19-,24-,48?/m1/s1. The molecule has 4 aromatic heterocycles. The number of aromatic amines is 1. The van der Waals surface area contributed by atoms with E-state index in [2.05, 4.69) is 35.3 Å². The Balaban J connectivity index is 1.32. The summed E-state index contributed by atoms with van der Waals surface area (Å²) in [6, 6.07) is 1.91. The van der Waals surface area contributed by atoms with Gasteiger partial charge in [-0.1, -0.05) is 13.8 Å². The molecule has 268 valence electrons. The maximum absolute atomic E-state index is 15.9. The Bertz CT molecular complexity index is 1970. The topological polar surface area (TPSA) is 264 Å². The summed E-state index contributed by atoms with van der Waals surface area (Å²) in [6.45, 7) is -1.71. The lowest BCUT2D eigenvalue weighted by Crippen LogP contribution is -2.31. The number of carbonyl (C=O) groups is 1. The molecule has 6 atom stereocenters. The number of H-pyrrole nitrogens is 1. The molecule has 1 amide bonds. The first kappa shape index (κ1) is 37.7. The number of imidazole rings is 1. The molecule has 0 radical (unpaired) electrons. The van der Waals surface area contributed by atoms with Gasteiger partial charge in [-0.25, -0.2) is 19.0 Å². The zero-order valence-corrected chi connectivity index (χ0v) is 29.6. The number of nitrogens with zero attached hydrogens (tertiary/aromatic N) is 8. The van der Waals surface area contributed by atoms with Crippen LogP contribution in [-0.4, -0.2) is 93.4 Å². The van der Waals surface area contributed by atoms with Gasteiger partial charge < -0.3 is 23.4 Å². The van der Waals surface area contributed by atoms with E-state index >= 15 is 4.39 Å². The number of anilines is 1. The minimum Gasteiger partial charge on any atom is -0.388 e. The SMILES string of the molecule is CC(C)C(=O)Nc1nc2c(ncn2[C@@H]2O[C@H](COP(=S)(OCCC#N)OCCn3nc(-c4cncs4)nc3CO)[C@@H](F)[C@H]2O[P+](=O)O)c(=O)[nH]1. The van der Waals surface area contributed by atoms with Crippen molar-refractivity contribution in [3.8, 4) is 16.8 Å². The Kier molecular flexibility index (Phi) is 12.6. The first-order chi connectivity index (χ1) is 23.9. The molecule has 0 aromatic carbocycles. The van der Waals surface area contributed by atoms with E-state index in [1.807, 2.05) is 6.07 Å². The average Bonchev–Trinajstić information content (AvgIpc) is 3.88. The van der Waals surface area contributed by atoms with E-state index in [0.717, 1.165) is 10.9 Å². The molecule has 4 N–H and O–H groups in total. The van der Waals surface area contributed by atoms with Crippen LogP contribution < -0.4 is 10.9 Å². The van der Waals surface area contributed by atoms with E-state index in [4.69, 9.17) is 39.9 Å². The van der Waals surface area contributed by atoms with Crippen LogP contribution in [0.2, 0.25) is 0 Å². The number of aromatic nitrogens is 8. The Hall–Kier alpha value is -3.52. The van der Waals surface area contributed by atoms with Crippen molar-refractivity contribution in [1.29, 1.82) is 5.26 Å². The second-order valence-electron chi connectivity index (χ2n) is 10.6. The maximum atomic E-state index is 15.9. The number of aliphatic hydroxyl groups excluding tert-OH is 1. The third-order valence-electron chi connectivity index (χ3n) is 6.90. The summed E-state index contributed by atoms with van der Waals surface area (Å²) in [5, 5.41) is 25.6. The number of aliphatic hydroxyl groups is 1. The van der Waals surface area contributed by atoms with Crippen molar-refractivity contribution in [3.05, 3.63) is 34.2 Å². The minimum absolute atomic E-state index is 0.0533. The second-order valence-corrected chi connectivity index (χ2v) is 15.2.